The summed E-state index contributed by atoms with van der Waals surface area (Å²) in [5, 5.41) is 6.57. The van der Waals surface area contributed by atoms with Crippen molar-refractivity contribution < 1.29 is 4.79 Å². The topological polar surface area (TPSA) is 41.1 Å². The summed E-state index contributed by atoms with van der Waals surface area (Å²) in [7, 11) is 0. The average molecular weight is 292 g/mol. The molecule has 22 heavy (non-hydrogen) atoms. The quantitative estimate of drug-likeness (QED) is 0.672. The van der Waals surface area contributed by atoms with E-state index in [2.05, 4.69) is 22.8 Å². The van der Waals surface area contributed by atoms with Gasteiger partial charge in [-0.3, -0.25) is 4.79 Å². The maximum absolute atomic E-state index is 12.9. The van der Waals surface area contributed by atoms with Gasteiger partial charge in [0, 0.05) is 30.6 Å². The molecule has 0 saturated carbocycles. The van der Waals surface area contributed by atoms with E-state index in [1.54, 1.807) is 0 Å². The fraction of sp³-hybridized carbons (Fsp3) is 0.211. The largest absolute Gasteiger partial charge is 0.370 e. The molecule has 112 valence electrons. The number of allylic oxidation sites excluding steroid dienone is 1. The summed E-state index contributed by atoms with van der Waals surface area (Å²) >= 11 is 0. The van der Waals surface area contributed by atoms with Crippen LogP contribution in [0.1, 0.15) is 21.5 Å². The molecule has 1 fully saturated rings. The van der Waals surface area contributed by atoms with Gasteiger partial charge in [0.2, 0.25) is 0 Å². The van der Waals surface area contributed by atoms with Crippen LogP contribution in [0.25, 0.3) is 0 Å². The molecular formula is C19H20N2O. The summed E-state index contributed by atoms with van der Waals surface area (Å²) in [5.41, 5.74) is 3.83. The maximum atomic E-state index is 12.9. The predicted octanol–water partition coefficient (Wildman–Crippen LogP) is 2.82. The highest BCUT2D eigenvalue weighted by Gasteiger charge is 2.20. The third-order valence-electron chi connectivity index (χ3n) is 3.84. The lowest BCUT2D eigenvalue weighted by atomic mass is 9.96. The Balaban J connectivity index is 1.93. The lowest BCUT2D eigenvalue weighted by Crippen LogP contribution is -2.20. The molecule has 1 heterocycles. The number of carbonyl (C=O) groups excluding carboxylic acids is 1. The third-order valence-corrected chi connectivity index (χ3v) is 3.84. The monoisotopic (exact) mass is 292 g/mol. The Labute approximate surface area is 131 Å². The summed E-state index contributed by atoms with van der Waals surface area (Å²) in [6, 6.07) is 17.9. The first-order valence-electron chi connectivity index (χ1n) is 7.60. The molecule has 0 unspecified atom stereocenters. The molecule has 2 aromatic carbocycles. The fourth-order valence-corrected chi connectivity index (χ4v) is 2.61. The van der Waals surface area contributed by atoms with Crippen LogP contribution >= 0.6 is 0 Å². The second-order valence-electron chi connectivity index (χ2n) is 5.56. The van der Waals surface area contributed by atoms with Gasteiger partial charge < -0.3 is 10.6 Å². The minimum absolute atomic E-state index is 0.0840. The van der Waals surface area contributed by atoms with Gasteiger partial charge in [0.15, 0.2) is 5.78 Å². The number of hydrogen-bond acceptors (Lipinski definition) is 3. The van der Waals surface area contributed by atoms with E-state index < -0.39 is 0 Å². The van der Waals surface area contributed by atoms with E-state index in [0.717, 1.165) is 41.2 Å². The normalized spacial score (nSPS) is 13.4. The van der Waals surface area contributed by atoms with Gasteiger partial charge in [-0.05, 0) is 12.5 Å². The molecule has 2 N–H and O–H groups in total. The molecular weight excluding hydrogens is 272 g/mol. The number of nitrogens with one attached hydrogen (secondary N) is 2. The van der Waals surface area contributed by atoms with Crippen LogP contribution in [0.3, 0.4) is 0 Å². The van der Waals surface area contributed by atoms with Gasteiger partial charge >= 0.3 is 0 Å². The number of hydrogen-bond donors (Lipinski definition) is 2. The van der Waals surface area contributed by atoms with Crippen molar-refractivity contribution in [2.45, 2.75) is 13.3 Å². The summed E-state index contributed by atoms with van der Waals surface area (Å²) in [6.45, 7) is 3.74. The SMILES string of the molecule is Cc1ccc(C(=O)C(Cc2ccccc2)=C2NCCN2)cc1. The highest BCUT2D eigenvalue weighted by molar-refractivity contribution is 6.09. The van der Waals surface area contributed by atoms with Crippen LogP contribution in [0.2, 0.25) is 0 Å². The molecule has 2 aromatic rings. The van der Waals surface area contributed by atoms with Crippen LogP contribution in [-0.2, 0) is 6.42 Å². The van der Waals surface area contributed by atoms with Crippen LogP contribution in [-0.4, -0.2) is 18.9 Å². The third kappa shape index (κ3) is 3.19. The van der Waals surface area contributed by atoms with Crippen molar-refractivity contribution in [3.05, 3.63) is 82.7 Å². The van der Waals surface area contributed by atoms with Crippen LogP contribution in [0.15, 0.2) is 66.0 Å². The molecule has 3 heteroatoms. The Bertz CT molecular complexity index is 679. The smallest absolute Gasteiger partial charge is 0.192 e. The molecule has 0 radical (unpaired) electrons. The average Bonchev–Trinajstić information content (AvgIpc) is 3.08. The van der Waals surface area contributed by atoms with Crippen molar-refractivity contribution in [1.29, 1.82) is 0 Å². The zero-order valence-corrected chi connectivity index (χ0v) is 12.7. The first-order valence-corrected chi connectivity index (χ1v) is 7.60. The van der Waals surface area contributed by atoms with Crippen molar-refractivity contribution >= 4 is 5.78 Å². The van der Waals surface area contributed by atoms with Crippen molar-refractivity contribution in [2.24, 2.45) is 0 Å². The highest BCUT2D eigenvalue weighted by Crippen LogP contribution is 2.17. The number of benzene rings is 2. The Hall–Kier alpha value is -2.55. The molecule has 0 atom stereocenters. The van der Waals surface area contributed by atoms with Gasteiger partial charge in [0.05, 0.1) is 0 Å². The number of aryl methyl sites for hydroxylation is 1. The van der Waals surface area contributed by atoms with E-state index in [9.17, 15) is 4.79 Å². The highest BCUT2D eigenvalue weighted by atomic mass is 16.1. The number of rotatable bonds is 4. The molecule has 1 aliphatic heterocycles. The molecule has 3 nitrogen and oxygen atoms in total. The summed E-state index contributed by atoms with van der Waals surface area (Å²) in [5.74, 6) is 0.954. The summed E-state index contributed by atoms with van der Waals surface area (Å²) < 4.78 is 0. The molecule has 3 rings (SSSR count). The fourth-order valence-electron chi connectivity index (χ4n) is 2.61. The minimum atomic E-state index is 0.0840. The van der Waals surface area contributed by atoms with Crippen LogP contribution in [0.5, 0.6) is 0 Å². The molecule has 0 aromatic heterocycles. The summed E-state index contributed by atoms with van der Waals surface area (Å²) in [6.07, 6.45) is 0.628. The standard InChI is InChI=1S/C19H20N2O/c1-14-7-9-16(10-8-14)18(22)17(19-20-11-12-21-19)13-15-5-3-2-4-6-15/h2-10,20-21H,11-13H2,1H3. The minimum Gasteiger partial charge on any atom is -0.370 e. The zero-order valence-electron chi connectivity index (χ0n) is 12.7. The van der Waals surface area contributed by atoms with Gasteiger partial charge in [-0.15, -0.1) is 0 Å². The van der Waals surface area contributed by atoms with Gasteiger partial charge in [-0.1, -0.05) is 60.2 Å². The lowest BCUT2D eigenvalue weighted by Gasteiger charge is -2.12. The van der Waals surface area contributed by atoms with Crippen LogP contribution in [0.4, 0.5) is 0 Å². The van der Waals surface area contributed by atoms with Crippen molar-refractivity contribution in [3.63, 3.8) is 0 Å². The lowest BCUT2D eigenvalue weighted by molar-refractivity contribution is 0.103. The van der Waals surface area contributed by atoms with Gasteiger partial charge in [-0.2, -0.15) is 0 Å². The van der Waals surface area contributed by atoms with E-state index in [1.165, 1.54) is 0 Å². The van der Waals surface area contributed by atoms with E-state index in [-0.39, 0.29) is 5.78 Å². The predicted molar refractivity (Wildman–Crippen MR) is 88.7 cm³/mol. The first-order chi connectivity index (χ1) is 10.7. The van der Waals surface area contributed by atoms with E-state index >= 15 is 0 Å². The van der Waals surface area contributed by atoms with Gasteiger partial charge in [0.1, 0.15) is 5.82 Å². The van der Waals surface area contributed by atoms with Crippen molar-refractivity contribution in [1.82, 2.24) is 10.6 Å². The second kappa shape index (κ2) is 6.48. The second-order valence-corrected chi connectivity index (χ2v) is 5.56. The Kier molecular flexibility index (Phi) is 4.24. The molecule has 0 amide bonds. The molecule has 1 aliphatic rings. The van der Waals surface area contributed by atoms with Crippen molar-refractivity contribution in [3.8, 4) is 0 Å². The van der Waals surface area contributed by atoms with E-state index in [1.807, 2.05) is 49.4 Å². The Morgan fingerprint density at radius 3 is 2.23 bits per heavy atom. The summed E-state index contributed by atoms with van der Waals surface area (Å²) in [4.78, 5) is 12.9. The van der Waals surface area contributed by atoms with Crippen molar-refractivity contribution in [2.75, 3.05) is 13.1 Å². The molecule has 1 saturated heterocycles. The number of ketones is 1. The van der Waals surface area contributed by atoms with Gasteiger partial charge in [-0.25, -0.2) is 0 Å². The zero-order chi connectivity index (χ0) is 15.4. The van der Waals surface area contributed by atoms with Gasteiger partial charge in [0.25, 0.3) is 0 Å². The molecule has 0 bridgehead atoms. The molecule has 0 aliphatic carbocycles. The van der Waals surface area contributed by atoms with Crippen LogP contribution < -0.4 is 10.6 Å². The van der Waals surface area contributed by atoms with E-state index in [0.29, 0.717) is 6.42 Å². The number of carbonyl (C=O) groups is 1. The van der Waals surface area contributed by atoms with Crippen LogP contribution in [0, 0.1) is 6.92 Å². The number of Topliss-reactive ketones (excluding diaryl/α,β-unsaturated/α-hetero) is 1. The Morgan fingerprint density at radius 1 is 0.955 bits per heavy atom. The first kappa shape index (κ1) is 14.4. The van der Waals surface area contributed by atoms with E-state index in [4.69, 9.17) is 0 Å². The molecule has 0 spiro atoms. The maximum Gasteiger partial charge on any atom is 0.192 e. The Morgan fingerprint density at radius 2 is 1.59 bits per heavy atom.